The average Bonchev–Trinajstić information content (AvgIpc) is 2.94. The van der Waals surface area contributed by atoms with Crippen molar-refractivity contribution >= 4 is 22.7 Å². The van der Waals surface area contributed by atoms with Crippen molar-refractivity contribution in [3.05, 3.63) is 160 Å². The van der Waals surface area contributed by atoms with Crippen LogP contribution in [-0.4, -0.2) is 10.7 Å². The minimum absolute atomic E-state index is 0.0160. The first-order valence-corrected chi connectivity index (χ1v) is 11.7. The van der Waals surface area contributed by atoms with Crippen molar-refractivity contribution in [3.8, 4) is 0 Å². The standard InChI is InChI=1S/C31H24N2O3/c1-31(25-15-9-4-10-16-25)21-28(23-11-5-2-6-12-23)29(30(34)24-13-7-3-8-14-24)22-32(31)26-17-19-27(20-18-26)33(35)36/h2-22H,1H3. The summed E-state index contributed by atoms with van der Waals surface area (Å²) in [6.07, 6.45) is 4.00. The molecule has 1 aliphatic heterocycles. The third kappa shape index (κ3) is 4.23. The van der Waals surface area contributed by atoms with Crippen LogP contribution in [0.15, 0.2) is 133 Å². The van der Waals surface area contributed by atoms with E-state index in [4.69, 9.17) is 0 Å². The van der Waals surface area contributed by atoms with Crippen molar-refractivity contribution in [1.82, 2.24) is 0 Å². The third-order valence-corrected chi connectivity index (χ3v) is 6.54. The largest absolute Gasteiger partial charge is 0.334 e. The number of nitrogens with zero attached hydrogens (tertiary/aromatic N) is 2. The molecule has 0 aromatic heterocycles. The van der Waals surface area contributed by atoms with Crippen LogP contribution in [0.3, 0.4) is 0 Å². The lowest BCUT2D eigenvalue weighted by molar-refractivity contribution is -0.384. The molecule has 5 nitrogen and oxygen atoms in total. The maximum atomic E-state index is 13.8. The van der Waals surface area contributed by atoms with E-state index in [1.165, 1.54) is 12.1 Å². The lowest BCUT2D eigenvalue weighted by atomic mass is 9.80. The van der Waals surface area contributed by atoms with Crippen molar-refractivity contribution in [2.45, 2.75) is 12.5 Å². The number of nitro benzene ring substituents is 1. The highest BCUT2D eigenvalue weighted by Crippen LogP contribution is 2.44. The van der Waals surface area contributed by atoms with Gasteiger partial charge in [-0.15, -0.1) is 0 Å². The van der Waals surface area contributed by atoms with Gasteiger partial charge in [0.25, 0.3) is 5.69 Å². The number of rotatable bonds is 6. The molecule has 0 radical (unpaired) electrons. The topological polar surface area (TPSA) is 63.5 Å². The van der Waals surface area contributed by atoms with Crippen LogP contribution in [0.1, 0.15) is 28.4 Å². The lowest BCUT2D eigenvalue weighted by Gasteiger charge is -2.43. The minimum Gasteiger partial charge on any atom is -0.334 e. The van der Waals surface area contributed by atoms with Crippen LogP contribution < -0.4 is 4.90 Å². The van der Waals surface area contributed by atoms with Gasteiger partial charge in [0.15, 0.2) is 5.78 Å². The summed E-state index contributed by atoms with van der Waals surface area (Å²) in [5, 5.41) is 11.3. The number of allylic oxidation sites excluding steroid dienone is 2. The van der Waals surface area contributed by atoms with E-state index < -0.39 is 10.5 Å². The number of Topliss-reactive ketones (excluding diaryl/α,β-unsaturated/α-hetero) is 1. The maximum Gasteiger partial charge on any atom is 0.269 e. The molecule has 0 bridgehead atoms. The molecule has 4 aromatic carbocycles. The fraction of sp³-hybridized carbons (Fsp3) is 0.0645. The fourth-order valence-corrected chi connectivity index (χ4v) is 4.62. The first kappa shape index (κ1) is 23.0. The number of carbonyl (C=O) groups is 1. The second kappa shape index (κ2) is 9.47. The van der Waals surface area contributed by atoms with Crippen LogP contribution in [0, 0.1) is 10.1 Å². The Morgan fingerprint density at radius 2 is 1.33 bits per heavy atom. The number of carbonyl (C=O) groups excluding carboxylic acids is 1. The van der Waals surface area contributed by atoms with Gasteiger partial charge in [0.1, 0.15) is 0 Å². The lowest BCUT2D eigenvalue weighted by Crippen LogP contribution is -2.42. The van der Waals surface area contributed by atoms with E-state index in [1.54, 1.807) is 12.1 Å². The van der Waals surface area contributed by atoms with E-state index in [0.717, 1.165) is 22.4 Å². The molecule has 0 aliphatic carbocycles. The van der Waals surface area contributed by atoms with E-state index in [0.29, 0.717) is 11.1 Å². The van der Waals surface area contributed by atoms with E-state index in [2.05, 4.69) is 25.1 Å². The zero-order chi connectivity index (χ0) is 25.1. The first-order valence-electron chi connectivity index (χ1n) is 11.7. The Kier molecular flexibility index (Phi) is 6.05. The van der Waals surface area contributed by atoms with Gasteiger partial charge in [0.2, 0.25) is 0 Å². The molecule has 4 aromatic rings. The Labute approximate surface area is 209 Å². The van der Waals surface area contributed by atoms with Gasteiger partial charge in [-0.1, -0.05) is 91.0 Å². The molecule has 0 saturated carbocycles. The molecule has 1 unspecified atom stereocenters. The summed E-state index contributed by atoms with van der Waals surface area (Å²) in [6, 6.07) is 35.6. The number of hydrogen-bond donors (Lipinski definition) is 0. The van der Waals surface area contributed by atoms with E-state index in [1.807, 2.05) is 90.0 Å². The molecule has 1 heterocycles. The molecule has 0 spiro atoms. The number of non-ortho nitro benzene ring substituents is 1. The van der Waals surface area contributed by atoms with Crippen LogP contribution in [0.4, 0.5) is 11.4 Å². The van der Waals surface area contributed by atoms with Gasteiger partial charge in [-0.05, 0) is 41.8 Å². The maximum absolute atomic E-state index is 13.8. The summed E-state index contributed by atoms with van der Waals surface area (Å²) in [4.78, 5) is 26.7. The quantitative estimate of drug-likeness (QED) is 0.169. The number of benzene rings is 4. The molecule has 1 atom stereocenters. The van der Waals surface area contributed by atoms with Crippen molar-refractivity contribution in [1.29, 1.82) is 0 Å². The Hall–Kier alpha value is -4.77. The number of nitro groups is 1. The minimum atomic E-state index is -0.664. The van der Waals surface area contributed by atoms with Crippen molar-refractivity contribution < 1.29 is 9.72 Å². The van der Waals surface area contributed by atoms with Crippen LogP contribution in [0.2, 0.25) is 0 Å². The highest BCUT2D eigenvalue weighted by Gasteiger charge is 2.37. The highest BCUT2D eigenvalue weighted by molar-refractivity contribution is 6.19. The second-order valence-electron chi connectivity index (χ2n) is 8.82. The van der Waals surface area contributed by atoms with Gasteiger partial charge < -0.3 is 4.90 Å². The summed E-state index contributed by atoms with van der Waals surface area (Å²) in [6.45, 7) is 2.09. The molecule has 1 aliphatic rings. The molecule has 0 fully saturated rings. The molecule has 176 valence electrons. The number of anilines is 1. The summed E-state index contributed by atoms with van der Waals surface area (Å²) >= 11 is 0. The Morgan fingerprint density at radius 1 is 0.778 bits per heavy atom. The summed E-state index contributed by atoms with van der Waals surface area (Å²) < 4.78 is 0. The molecule has 5 rings (SSSR count). The Morgan fingerprint density at radius 3 is 1.92 bits per heavy atom. The monoisotopic (exact) mass is 472 g/mol. The zero-order valence-electron chi connectivity index (χ0n) is 19.7. The molecule has 0 saturated heterocycles. The van der Waals surface area contributed by atoms with Crippen LogP contribution >= 0.6 is 0 Å². The van der Waals surface area contributed by atoms with Crippen LogP contribution in [-0.2, 0) is 5.54 Å². The average molecular weight is 473 g/mol. The van der Waals surface area contributed by atoms with Gasteiger partial charge in [-0.2, -0.15) is 0 Å². The Balaban J connectivity index is 1.74. The highest BCUT2D eigenvalue weighted by atomic mass is 16.6. The zero-order valence-corrected chi connectivity index (χ0v) is 19.7. The van der Waals surface area contributed by atoms with E-state index in [9.17, 15) is 14.9 Å². The smallest absolute Gasteiger partial charge is 0.269 e. The van der Waals surface area contributed by atoms with E-state index in [-0.39, 0.29) is 11.5 Å². The van der Waals surface area contributed by atoms with Gasteiger partial charge in [-0.25, -0.2) is 0 Å². The van der Waals surface area contributed by atoms with Crippen LogP contribution in [0.5, 0.6) is 0 Å². The fourth-order valence-electron chi connectivity index (χ4n) is 4.62. The van der Waals surface area contributed by atoms with Crippen molar-refractivity contribution in [3.63, 3.8) is 0 Å². The van der Waals surface area contributed by atoms with Crippen LogP contribution in [0.25, 0.3) is 5.57 Å². The van der Waals surface area contributed by atoms with Gasteiger partial charge in [-0.3, -0.25) is 14.9 Å². The molecule has 0 amide bonds. The summed E-state index contributed by atoms with van der Waals surface area (Å²) in [5.41, 5.74) is 4.06. The SMILES string of the molecule is CC1(c2ccccc2)C=C(c2ccccc2)C(C(=O)c2ccccc2)=CN1c1ccc([N+](=O)[O-])cc1. The molecular formula is C31H24N2O3. The number of ketones is 1. The van der Waals surface area contributed by atoms with Crippen molar-refractivity contribution in [2.24, 2.45) is 0 Å². The second-order valence-corrected chi connectivity index (χ2v) is 8.82. The summed E-state index contributed by atoms with van der Waals surface area (Å²) in [5.74, 6) is -0.0901. The number of hydrogen-bond acceptors (Lipinski definition) is 4. The van der Waals surface area contributed by atoms with Gasteiger partial charge in [0, 0.05) is 35.2 Å². The molecule has 36 heavy (non-hydrogen) atoms. The Bertz CT molecular complexity index is 1460. The van der Waals surface area contributed by atoms with Crippen molar-refractivity contribution in [2.75, 3.05) is 4.90 Å². The van der Waals surface area contributed by atoms with E-state index >= 15 is 0 Å². The molecule has 0 N–H and O–H groups in total. The van der Waals surface area contributed by atoms with Gasteiger partial charge in [0.05, 0.1) is 10.5 Å². The predicted molar refractivity (Wildman–Crippen MR) is 143 cm³/mol. The van der Waals surface area contributed by atoms with Gasteiger partial charge >= 0.3 is 0 Å². The molecular weight excluding hydrogens is 448 g/mol. The third-order valence-electron chi connectivity index (χ3n) is 6.54. The normalized spacial score (nSPS) is 17.2. The molecule has 5 heteroatoms. The predicted octanol–water partition coefficient (Wildman–Crippen LogP) is 7.18. The summed E-state index contributed by atoms with van der Waals surface area (Å²) in [7, 11) is 0. The first-order chi connectivity index (χ1) is 17.5.